The van der Waals surface area contributed by atoms with Crippen LogP contribution in [0.1, 0.15) is 45.4 Å². The highest BCUT2D eigenvalue weighted by atomic mass is 16.7. The van der Waals surface area contributed by atoms with Crippen molar-refractivity contribution in [1.29, 1.82) is 0 Å². The van der Waals surface area contributed by atoms with Gasteiger partial charge >= 0.3 is 0 Å². The molecular formula is C14H22O2. The fourth-order valence-electron chi connectivity index (χ4n) is 1.53. The molecule has 16 heavy (non-hydrogen) atoms. The quantitative estimate of drug-likeness (QED) is 0.525. The van der Waals surface area contributed by atoms with Crippen LogP contribution in [0.3, 0.4) is 0 Å². The Balaban J connectivity index is 1.99. The van der Waals surface area contributed by atoms with Crippen LogP contribution in [-0.4, -0.2) is 19.5 Å². The van der Waals surface area contributed by atoms with Gasteiger partial charge in [0.1, 0.15) is 6.61 Å². The molecule has 2 nitrogen and oxygen atoms in total. The second-order valence-electron chi connectivity index (χ2n) is 3.92. The van der Waals surface area contributed by atoms with E-state index in [1.807, 2.05) is 0 Å². The molecule has 0 bridgehead atoms. The molecule has 90 valence electrons. The number of unbranched alkanes of at least 4 members (excludes halogenated alkanes) is 1. The van der Waals surface area contributed by atoms with Crippen LogP contribution in [0.25, 0.3) is 0 Å². The fourth-order valence-corrected chi connectivity index (χ4v) is 1.53. The van der Waals surface area contributed by atoms with Gasteiger partial charge in [-0.25, -0.2) is 0 Å². The summed E-state index contributed by atoms with van der Waals surface area (Å²) in [5.41, 5.74) is 0. The normalized spacial score (nSPS) is 20.7. The van der Waals surface area contributed by atoms with Crippen molar-refractivity contribution >= 4 is 0 Å². The maximum atomic E-state index is 5.49. The highest BCUT2D eigenvalue weighted by Gasteiger charge is 2.12. The maximum absolute atomic E-state index is 5.49. The zero-order valence-corrected chi connectivity index (χ0v) is 10.2. The van der Waals surface area contributed by atoms with E-state index in [0.717, 1.165) is 32.3 Å². The average Bonchev–Trinajstić information content (AvgIpc) is 2.34. The van der Waals surface area contributed by atoms with E-state index in [2.05, 4.69) is 30.9 Å². The van der Waals surface area contributed by atoms with E-state index in [1.165, 1.54) is 12.8 Å². The molecule has 0 amide bonds. The molecule has 0 aliphatic carbocycles. The molecule has 1 rings (SSSR count). The van der Waals surface area contributed by atoms with Crippen molar-refractivity contribution in [2.75, 3.05) is 13.2 Å². The van der Waals surface area contributed by atoms with Gasteiger partial charge < -0.3 is 9.47 Å². The van der Waals surface area contributed by atoms with Gasteiger partial charge in [-0.3, -0.25) is 0 Å². The number of hydrogen-bond acceptors (Lipinski definition) is 2. The number of hydrogen-bond donors (Lipinski definition) is 0. The molecule has 1 atom stereocenters. The highest BCUT2D eigenvalue weighted by Crippen LogP contribution is 2.12. The smallest absolute Gasteiger partial charge is 0.158 e. The summed E-state index contributed by atoms with van der Waals surface area (Å²) in [4.78, 5) is 0. The maximum Gasteiger partial charge on any atom is 0.158 e. The molecule has 0 aromatic heterocycles. The van der Waals surface area contributed by atoms with Gasteiger partial charge in [-0.15, -0.1) is 0 Å². The van der Waals surface area contributed by atoms with Crippen LogP contribution in [0, 0.1) is 11.8 Å². The number of ether oxygens (including phenoxy) is 2. The van der Waals surface area contributed by atoms with Gasteiger partial charge in [0.25, 0.3) is 0 Å². The van der Waals surface area contributed by atoms with Crippen LogP contribution < -0.4 is 0 Å². The van der Waals surface area contributed by atoms with Crippen molar-refractivity contribution in [2.24, 2.45) is 0 Å². The third kappa shape index (κ3) is 6.66. The average molecular weight is 222 g/mol. The largest absolute Gasteiger partial charge is 0.353 e. The van der Waals surface area contributed by atoms with Gasteiger partial charge in [-0.05, 0) is 25.7 Å². The third-order valence-corrected chi connectivity index (χ3v) is 2.45. The Morgan fingerprint density at radius 2 is 2.25 bits per heavy atom. The molecule has 0 spiro atoms. The molecule has 1 saturated heterocycles. The predicted molar refractivity (Wildman–Crippen MR) is 66.0 cm³/mol. The Hall–Kier alpha value is -0.780. The Kier molecular flexibility index (Phi) is 7.84. The van der Waals surface area contributed by atoms with Crippen LogP contribution in [0.4, 0.5) is 0 Å². The molecule has 0 radical (unpaired) electrons. The SMILES string of the molecule is CCCC=CCC#CCOC1CCCCO1. The predicted octanol–water partition coefficient (Wildman–Crippen LogP) is 3.28. The minimum atomic E-state index is -0.0151. The molecule has 1 unspecified atom stereocenters. The summed E-state index contributed by atoms with van der Waals surface area (Å²) in [5.74, 6) is 6.07. The van der Waals surface area contributed by atoms with Crippen LogP contribution in [-0.2, 0) is 9.47 Å². The molecule has 0 aromatic carbocycles. The summed E-state index contributed by atoms with van der Waals surface area (Å²) < 4.78 is 10.9. The molecular weight excluding hydrogens is 200 g/mol. The number of allylic oxidation sites excluding steroid dienone is 2. The first-order valence-corrected chi connectivity index (χ1v) is 6.27. The third-order valence-electron chi connectivity index (χ3n) is 2.45. The lowest BCUT2D eigenvalue weighted by atomic mass is 10.2. The minimum Gasteiger partial charge on any atom is -0.353 e. The lowest BCUT2D eigenvalue weighted by Gasteiger charge is -2.21. The monoisotopic (exact) mass is 222 g/mol. The Bertz CT molecular complexity index is 241. The van der Waals surface area contributed by atoms with Gasteiger partial charge in [0.2, 0.25) is 0 Å². The molecule has 1 aliphatic rings. The summed E-state index contributed by atoms with van der Waals surface area (Å²) in [6.07, 6.45) is 10.8. The van der Waals surface area contributed by atoms with E-state index in [-0.39, 0.29) is 6.29 Å². The van der Waals surface area contributed by atoms with Gasteiger partial charge in [0.05, 0.1) is 0 Å². The molecule has 0 aromatic rings. The molecule has 2 heteroatoms. The molecule has 1 aliphatic heterocycles. The van der Waals surface area contributed by atoms with E-state index in [4.69, 9.17) is 9.47 Å². The minimum absolute atomic E-state index is 0.0151. The molecule has 1 fully saturated rings. The van der Waals surface area contributed by atoms with Crippen molar-refractivity contribution in [3.8, 4) is 11.8 Å². The lowest BCUT2D eigenvalue weighted by molar-refractivity contribution is -0.154. The second kappa shape index (κ2) is 9.45. The number of rotatable bonds is 5. The summed E-state index contributed by atoms with van der Waals surface area (Å²) >= 11 is 0. The van der Waals surface area contributed by atoms with Crippen molar-refractivity contribution < 1.29 is 9.47 Å². The Morgan fingerprint density at radius 3 is 3.00 bits per heavy atom. The van der Waals surface area contributed by atoms with Gasteiger partial charge in [-0.2, -0.15) is 0 Å². The van der Waals surface area contributed by atoms with E-state index in [9.17, 15) is 0 Å². The van der Waals surface area contributed by atoms with E-state index in [0.29, 0.717) is 6.61 Å². The summed E-state index contributed by atoms with van der Waals surface area (Å²) in [5, 5.41) is 0. The van der Waals surface area contributed by atoms with Gasteiger partial charge in [-0.1, -0.05) is 37.3 Å². The zero-order valence-electron chi connectivity index (χ0n) is 10.2. The van der Waals surface area contributed by atoms with E-state index in [1.54, 1.807) is 0 Å². The standard InChI is InChI=1S/C14H22O2/c1-2-3-4-5-6-7-9-12-15-14-11-8-10-13-16-14/h4-5,14H,2-3,6,8,10-13H2,1H3. The van der Waals surface area contributed by atoms with Crippen molar-refractivity contribution in [3.63, 3.8) is 0 Å². The lowest BCUT2D eigenvalue weighted by Crippen LogP contribution is -2.22. The molecule has 1 heterocycles. The van der Waals surface area contributed by atoms with Crippen molar-refractivity contribution in [1.82, 2.24) is 0 Å². The van der Waals surface area contributed by atoms with Crippen molar-refractivity contribution in [3.05, 3.63) is 12.2 Å². The first kappa shape index (κ1) is 13.3. The van der Waals surface area contributed by atoms with Crippen LogP contribution in [0.2, 0.25) is 0 Å². The second-order valence-corrected chi connectivity index (χ2v) is 3.92. The summed E-state index contributed by atoms with van der Waals surface area (Å²) in [6.45, 7) is 3.50. The van der Waals surface area contributed by atoms with Gasteiger partial charge in [0.15, 0.2) is 6.29 Å². The first-order chi connectivity index (χ1) is 7.93. The molecule has 0 N–H and O–H groups in total. The zero-order chi connectivity index (χ0) is 11.5. The first-order valence-electron chi connectivity index (χ1n) is 6.27. The van der Waals surface area contributed by atoms with Crippen LogP contribution in [0.15, 0.2) is 12.2 Å². The summed E-state index contributed by atoms with van der Waals surface area (Å²) in [7, 11) is 0. The van der Waals surface area contributed by atoms with Gasteiger partial charge in [0, 0.05) is 13.0 Å². The van der Waals surface area contributed by atoms with E-state index >= 15 is 0 Å². The van der Waals surface area contributed by atoms with Crippen LogP contribution >= 0.6 is 0 Å². The Morgan fingerprint density at radius 1 is 1.31 bits per heavy atom. The van der Waals surface area contributed by atoms with E-state index < -0.39 is 0 Å². The fraction of sp³-hybridized carbons (Fsp3) is 0.714. The highest BCUT2D eigenvalue weighted by molar-refractivity contribution is 5.04. The summed E-state index contributed by atoms with van der Waals surface area (Å²) in [6, 6.07) is 0. The topological polar surface area (TPSA) is 18.5 Å². The molecule has 0 saturated carbocycles. The van der Waals surface area contributed by atoms with Crippen molar-refractivity contribution in [2.45, 2.75) is 51.7 Å². The Labute approximate surface area is 99.0 Å². The van der Waals surface area contributed by atoms with Crippen LogP contribution in [0.5, 0.6) is 0 Å².